The van der Waals surface area contributed by atoms with Gasteiger partial charge in [-0.2, -0.15) is 0 Å². The highest BCUT2D eigenvalue weighted by Crippen LogP contribution is 2.43. The molecule has 0 spiro atoms. The molecule has 6 heteroatoms. The highest BCUT2D eigenvalue weighted by molar-refractivity contribution is 8.09. The predicted molar refractivity (Wildman–Crippen MR) is 93.3 cm³/mol. The Morgan fingerprint density at radius 2 is 1.84 bits per heavy atom. The van der Waals surface area contributed by atoms with E-state index < -0.39 is 17.5 Å². The largest absolute Gasteiger partial charge is 0.321 e. The average Bonchev–Trinajstić information content (AvgIpc) is 3.12. The van der Waals surface area contributed by atoms with Crippen molar-refractivity contribution in [1.29, 1.82) is 0 Å². The Bertz CT molecular complexity index is 928. The fourth-order valence-electron chi connectivity index (χ4n) is 3.01. The highest BCUT2D eigenvalue weighted by atomic mass is 32.2. The molecule has 25 heavy (non-hydrogen) atoms. The summed E-state index contributed by atoms with van der Waals surface area (Å²) in [4.78, 5) is 12.6. The van der Waals surface area contributed by atoms with Gasteiger partial charge in [-0.05, 0) is 12.5 Å². The highest BCUT2D eigenvalue weighted by Gasteiger charge is 2.28. The van der Waals surface area contributed by atoms with Crippen molar-refractivity contribution >= 4 is 33.8 Å². The van der Waals surface area contributed by atoms with E-state index in [0.717, 1.165) is 11.3 Å². The Morgan fingerprint density at radius 1 is 1.12 bits per heavy atom. The van der Waals surface area contributed by atoms with Gasteiger partial charge in [0.25, 0.3) is 5.91 Å². The maximum atomic E-state index is 13.9. The topological polar surface area (TPSA) is 29.1 Å². The number of carbonyl (C=O) groups excluding carboxylic acids is 1. The fourth-order valence-corrected chi connectivity index (χ4v) is 4.24. The SMILES string of the molecule is O=C1Nc2ccccc2/C1=C/C1CC=C(c2c(F)cc(F)cc2F)S1. The number of halogens is 3. The van der Waals surface area contributed by atoms with Gasteiger partial charge in [0.1, 0.15) is 17.5 Å². The molecular weight excluding hydrogens is 347 g/mol. The Morgan fingerprint density at radius 3 is 2.60 bits per heavy atom. The minimum atomic E-state index is -0.944. The van der Waals surface area contributed by atoms with E-state index in [0.29, 0.717) is 29.0 Å². The maximum Gasteiger partial charge on any atom is 0.256 e. The van der Waals surface area contributed by atoms with Crippen LogP contribution in [0.15, 0.2) is 48.6 Å². The summed E-state index contributed by atoms with van der Waals surface area (Å²) in [6.45, 7) is 0. The summed E-state index contributed by atoms with van der Waals surface area (Å²) in [7, 11) is 0. The lowest BCUT2D eigenvalue weighted by Crippen LogP contribution is -2.05. The third-order valence-corrected chi connectivity index (χ3v) is 5.39. The van der Waals surface area contributed by atoms with Crippen LogP contribution in [0.25, 0.3) is 10.5 Å². The van der Waals surface area contributed by atoms with Crippen LogP contribution in [-0.2, 0) is 4.79 Å². The summed E-state index contributed by atoms with van der Waals surface area (Å²) in [5, 5.41) is 2.67. The number of thioether (sulfide) groups is 1. The van der Waals surface area contributed by atoms with Gasteiger partial charge >= 0.3 is 0 Å². The summed E-state index contributed by atoms with van der Waals surface area (Å²) in [6, 6.07) is 8.71. The number of nitrogens with one attached hydrogen (secondary N) is 1. The molecule has 2 aliphatic heterocycles. The molecule has 0 fully saturated rings. The van der Waals surface area contributed by atoms with Gasteiger partial charge in [-0.1, -0.05) is 30.4 Å². The van der Waals surface area contributed by atoms with Crippen molar-refractivity contribution in [3.8, 4) is 0 Å². The van der Waals surface area contributed by atoms with Gasteiger partial charge in [0.15, 0.2) is 0 Å². The molecule has 0 saturated heterocycles. The standard InChI is InChI=1S/C19H12F3NOS/c20-10-7-14(21)18(15(22)8-10)17-6-5-11(25-17)9-13-12-3-1-2-4-16(12)23-19(13)24/h1-4,6-9,11H,5H2,(H,23,24)/b13-9-. The van der Waals surface area contributed by atoms with E-state index in [2.05, 4.69) is 5.32 Å². The van der Waals surface area contributed by atoms with E-state index >= 15 is 0 Å². The maximum absolute atomic E-state index is 13.9. The summed E-state index contributed by atoms with van der Waals surface area (Å²) >= 11 is 1.26. The number of benzene rings is 2. The van der Waals surface area contributed by atoms with E-state index in [1.807, 2.05) is 30.3 Å². The summed E-state index contributed by atoms with van der Waals surface area (Å²) in [6.07, 6.45) is 4.06. The van der Waals surface area contributed by atoms with Gasteiger partial charge < -0.3 is 5.32 Å². The van der Waals surface area contributed by atoms with Gasteiger partial charge in [0.2, 0.25) is 0 Å². The molecule has 0 bridgehead atoms. The lowest BCUT2D eigenvalue weighted by molar-refractivity contribution is -0.110. The van der Waals surface area contributed by atoms with Crippen LogP contribution in [0.3, 0.4) is 0 Å². The first-order valence-electron chi connectivity index (χ1n) is 7.67. The molecule has 0 radical (unpaired) electrons. The minimum Gasteiger partial charge on any atom is -0.321 e. The molecule has 2 aromatic carbocycles. The van der Waals surface area contributed by atoms with Crippen molar-refractivity contribution in [2.75, 3.05) is 5.32 Å². The van der Waals surface area contributed by atoms with Crippen LogP contribution >= 0.6 is 11.8 Å². The van der Waals surface area contributed by atoms with Gasteiger partial charge in [0, 0.05) is 39.1 Å². The number of anilines is 1. The summed E-state index contributed by atoms with van der Waals surface area (Å²) in [5.74, 6) is -2.98. The number of allylic oxidation sites excluding steroid dienone is 1. The van der Waals surface area contributed by atoms with E-state index in [1.165, 1.54) is 11.8 Å². The van der Waals surface area contributed by atoms with Crippen LogP contribution in [0.1, 0.15) is 17.5 Å². The molecule has 2 aromatic rings. The van der Waals surface area contributed by atoms with E-state index in [-0.39, 0.29) is 16.7 Å². The molecule has 1 N–H and O–H groups in total. The van der Waals surface area contributed by atoms with Crippen molar-refractivity contribution in [1.82, 2.24) is 0 Å². The number of carbonyl (C=O) groups is 1. The van der Waals surface area contributed by atoms with Crippen LogP contribution in [0.2, 0.25) is 0 Å². The third kappa shape index (κ3) is 2.87. The average molecular weight is 359 g/mol. The number of rotatable bonds is 2. The Labute approximate surface area is 146 Å². The monoisotopic (exact) mass is 359 g/mol. The third-order valence-electron chi connectivity index (χ3n) is 4.13. The molecule has 1 unspecified atom stereocenters. The lowest BCUT2D eigenvalue weighted by atomic mass is 10.1. The molecule has 4 rings (SSSR count). The Kier molecular flexibility index (Phi) is 3.92. The number of para-hydroxylation sites is 1. The van der Waals surface area contributed by atoms with Crippen LogP contribution in [0.4, 0.5) is 18.9 Å². The number of fused-ring (bicyclic) bond motifs is 1. The Balaban J connectivity index is 1.60. The number of hydrogen-bond acceptors (Lipinski definition) is 2. The second kappa shape index (κ2) is 6.11. The number of amides is 1. The van der Waals surface area contributed by atoms with E-state index in [9.17, 15) is 18.0 Å². The molecule has 2 heterocycles. The minimum absolute atomic E-state index is 0.120. The van der Waals surface area contributed by atoms with E-state index in [4.69, 9.17) is 0 Å². The van der Waals surface area contributed by atoms with Crippen molar-refractivity contribution in [3.63, 3.8) is 0 Å². The normalized spacial score (nSPS) is 20.6. The van der Waals surface area contributed by atoms with Gasteiger partial charge in [0.05, 0.1) is 5.56 Å². The van der Waals surface area contributed by atoms with Crippen LogP contribution < -0.4 is 5.32 Å². The van der Waals surface area contributed by atoms with Crippen molar-refractivity contribution in [2.45, 2.75) is 11.7 Å². The lowest BCUT2D eigenvalue weighted by Gasteiger charge is -2.09. The molecular formula is C19H12F3NOS. The van der Waals surface area contributed by atoms with E-state index in [1.54, 1.807) is 6.08 Å². The molecule has 126 valence electrons. The summed E-state index contributed by atoms with van der Waals surface area (Å²) < 4.78 is 40.9. The second-order valence-corrected chi connectivity index (χ2v) is 7.07. The first-order chi connectivity index (χ1) is 12.0. The first-order valence-corrected chi connectivity index (χ1v) is 8.55. The zero-order valence-electron chi connectivity index (χ0n) is 12.9. The molecule has 0 saturated carbocycles. The van der Waals surface area contributed by atoms with Gasteiger partial charge in [-0.25, -0.2) is 13.2 Å². The van der Waals surface area contributed by atoms with Crippen molar-refractivity contribution in [2.24, 2.45) is 0 Å². The predicted octanol–water partition coefficient (Wildman–Crippen LogP) is 4.99. The number of hydrogen-bond donors (Lipinski definition) is 1. The zero-order chi connectivity index (χ0) is 17.6. The first kappa shape index (κ1) is 16.0. The molecule has 0 aliphatic carbocycles. The van der Waals surface area contributed by atoms with Crippen LogP contribution in [0.5, 0.6) is 0 Å². The van der Waals surface area contributed by atoms with Crippen LogP contribution in [-0.4, -0.2) is 11.2 Å². The van der Waals surface area contributed by atoms with Gasteiger partial charge in [-0.15, -0.1) is 11.8 Å². The van der Waals surface area contributed by atoms with Crippen LogP contribution in [0, 0.1) is 17.5 Å². The zero-order valence-corrected chi connectivity index (χ0v) is 13.7. The summed E-state index contributed by atoms with van der Waals surface area (Å²) in [5.41, 5.74) is 1.91. The molecule has 0 aromatic heterocycles. The second-order valence-electron chi connectivity index (χ2n) is 5.78. The Hall–Kier alpha value is -2.47. The van der Waals surface area contributed by atoms with Gasteiger partial charge in [-0.3, -0.25) is 4.79 Å². The fraction of sp³-hybridized carbons (Fsp3) is 0.105. The molecule has 1 amide bonds. The molecule has 1 atom stereocenters. The quantitative estimate of drug-likeness (QED) is 0.766. The molecule has 2 nitrogen and oxygen atoms in total. The smallest absolute Gasteiger partial charge is 0.256 e. The molecule has 2 aliphatic rings. The van der Waals surface area contributed by atoms with Crippen molar-refractivity contribution in [3.05, 3.63) is 77.1 Å². The van der Waals surface area contributed by atoms with Crippen molar-refractivity contribution < 1.29 is 18.0 Å².